The summed E-state index contributed by atoms with van der Waals surface area (Å²) in [4.78, 5) is 18.4. The Morgan fingerprint density at radius 3 is 2.44 bits per heavy atom. The van der Waals surface area contributed by atoms with E-state index in [2.05, 4.69) is 27.4 Å². The summed E-state index contributed by atoms with van der Waals surface area (Å²) < 4.78 is 14.5. The predicted octanol–water partition coefficient (Wildman–Crippen LogP) is 3.41. The van der Waals surface area contributed by atoms with Crippen LogP contribution in [-0.2, 0) is 0 Å². The van der Waals surface area contributed by atoms with E-state index < -0.39 is 0 Å². The quantitative estimate of drug-likeness (QED) is 0.590. The molecular weight excluding hydrogens is 406 g/mol. The molecule has 3 aromatic rings. The van der Waals surface area contributed by atoms with Gasteiger partial charge in [0.05, 0.1) is 0 Å². The maximum atomic E-state index is 13.3. The van der Waals surface area contributed by atoms with Gasteiger partial charge in [-0.25, -0.2) is 0 Å². The molecule has 136 valence electrons. The first-order valence-electron chi connectivity index (χ1n) is 8.58. The van der Waals surface area contributed by atoms with Gasteiger partial charge in [-0.3, -0.25) is 0 Å². The van der Waals surface area contributed by atoms with E-state index in [9.17, 15) is 9.18 Å². The van der Waals surface area contributed by atoms with Gasteiger partial charge in [-0.15, -0.1) is 0 Å². The van der Waals surface area contributed by atoms with Crippen molar-refractivity contribution in [2.45, 2.75) is 6.42 Å². The summed E-state index contributed by atoms with van der Waals surface area (Å²) in [6.45, 7) is 0.490. The van der Waals surface area contributed by atoms with Gasteiger partial charge < -0.3 is 0 Å². The first-order chi connectivity index (χ1) is 13.2. The molecule has 1 amide bonds. The van der Waals surface area contributed by atoms with Gasteiger partial charge in [-0.1, -0.05) is 0 Å². The molecule has 0 fully saturated rings. The molecule has 0 atom stereocenters. The number of pyridine rings is 1. The Morgan fingerprint density at radius 1 is 1.00 bits per heavy atom. The number of amides is 1. The minimum atomic E-state index is -0.255. The van der Waals surface area contributed by atoms with E-state index in [-0.39, 0.29) is 26.7 Å². The van der Waals surface area contributed by atoms with Crippen LogP contribution < -0.4 is 9.78 Å². The third-order valence-corrected chi connectivity index (χ3v) is 5.86. The van der Waals surface area contributed by atoms with Gasteiger partial charge in [0.1, 0.15) is 0 Å². The summed E-state index contributed by atoms with van der Waals surface area (Å²) in [5.74, 6) is -0.447. The predicted molar refractivity (Wildman–Crippen MR) is 107 cm³/mol. The number of halogens is 1. The standard InChI is InChI=1S/C22H19FN2OSe/c23-19-11-9-17(10-12-19)18(16-27-20-6-2-1-3-7-20)13-15-25-22(26)21-8-4-5-14-24-21/h1-12,14,16H,13,15H2,(H,25,26)/b18-16+. The van der Waals surface area contributed by atoms with Crippen molar-refractivity contribution in [1.29, 1.82) is 0 Å². The van der Waals surface area contributed by atoms with Crippen molar-refractivity contribution in [3.8, 4) is 0 Å². The monoisotopic (exact) mass is 426 g/mol. The first kappa shape index (κ1) is 19.0. The van der Waals surface area contributed by atoms with E-state index in [0.717, 1.165) is 11.1 Å². The molecule has 5 heteroatoms. The van der Waals surface area contributed by atoms with Crippen LogP contribution in [0.4, 0.5) is 4.39 Å². The normalized spacial score (nSPS) is 11.2. The summed E-state index contributed by atoms with van der Waals surface area (Å²) in [7, 11) is 0. The fourth-order valence-electron chi connectivity index (χ4n) is 2.47. The average molecular weight is 425 g/mol. The van der Waals surface area contributed by atoms with Gasteiger partial charge in [0.2, 0.25) is 0 Å². The van der Waals surface area contributed by atoms with Gasteiger partial charge in [0, 0.05) is 0 Å². The van der Waals surface area contributed by atoms with E-state index in [1.807, 2.05) is 18.2 Å². The van der Waals surface area contributed by atoms with Crippen LogP contribution in [0.2, 0.25) is 0 Å². The second-order valence-electron chi connectivity index (χ2n) is 5.80. The molecule has 0 saturated carbocycles. The van der Waals surface area contributed by atoms with Gasteiger partial charge in [-0.2, -0.15) is 0 Å². The molecule has 27 heavy (non-hydrogen) atoms. The summed E-state index contributed by atoms with van der Waals surface area (Å²) >= 11 is 0.163. The Balaban J connectivity index is 1.68. The summed E-state index contributed by atoms with van der Waals surface area (Å²) in [5, 5.41) is 2.90. The fourth-order valence-corrected chi connectivity index (χ4v) is 4.25. The summed E-state index contributed by atoms with van der Waals surface area (Å²) in [6.07, 6.45) is 2.26. The molecule has 3 nitrogen and oxygen atoms in total. The second-order valence-corrected chi connectivity index (χ2v) is 7.78. The topological polar surface area (TPSA) is 42.0 Å². The van der Waals surface area contributed by atoms with Crippen LogP contribution in [0.25, 0.3) is 5.57 Å². The molecule has 0 aliphatic rings. The third kappa shape index (κ3) is 5.88. The zero-order valence-corrected chi connectivity index (χ0v) is 16.4. The van der Waals surface area contributed by atoms with Crippen molar-refractivity contribution in [1.82, 2.24) is 10.3 Å². The van der Waals surface area contributed by atoms with Crippen LogP contribution in [0.15, 0.2) is 84.0 Å². The van der Waals surface area contributed by atoms with E-state index in [1.54, 1.807) is 36.5 Å². The van der Waals surface area contributed by atoms with Crippen molar-refractivity contribution < 1.29 is 9.18 Å². The fraction of sp³-hybridized carbons (Fsp3) is 0.0909. The molecule has 1 aromatic heterocycles. The van der Waals surface area contributed by atoms with Crippen LogP contribution >= 0.6 is 0 Å². The van der Waals surface area contributed by atoms with Gasteiger partial charge >= 0.3 is 164 Å². The van der Waals surface area contributed by atoms with E-state index >= 15 is 0 Å². The van der Waals surface area contributed by atoms with Crippen LogP contribution in [0.3, 0.4) is 0 Å². The van der Waals surface area contributed by atoms with Crippen LogP contribution in [0, 0.1) is 5.82 Å². The van der Waals surface area contributed by atoms with Crippen molar-refractivity contribution in [3.63, 3.8) is 0 Å². The Morgan fingerprint density at radius 2 is 1.74 bits per heavy atom. The number of carbonyl (C=O) groups excluding carboxylic acids is 1. The molecule has 0 saturated heterocycles. The maximum absolute atomic E-state index is 13.3. The zero-order chi connectivity index (χ0) is 18.9. The van der Waals surface area contributed by atoms with Gasteiger partial charge in [0.25, 0.3) is 0 Å². The molecule has 1 heterocycles. The summed E-state index contributed by atoms with van der Waals surface area (Å²) in [6, 6.07) is 22.0. The van der Waals surface area contributed by atoms with Crippen LogP contribution in [0.5, 0.6) is 0 Å². The second kappa shape index (κ2) is 9.81. The Labute approximate surface area is 164 Å². The molecular formula is C22H19FN2OSe. The number of hydrogen-bond acceptors (Lipinski definition) is 2. The van der Waals surface area contributed by atoms with Crippen molar-refractivity contribution in [2.24, 2.45) is 0 Å². The summed E-state index contributed by atoms with van der Waals surface area (Å²) in [5.41, 5.74) is 2.47. The van der Waals surface area contributed by atoms with Gasteiger partial charge in [-0.05, 0) is 0 Å². The number of aromatic nitrogens is 1. The number of hydrogen-bond donors (Lipinski definition) is 1. The minimum absolute atomic E-state index is 0.163. The molecule has 0 aliphatic heterocycles. The number of rotatable bonds is 7. The number of carbonyl (C=O) groups is 1. The molecule has 1 N–H and O–H groups in total. The molecule has 0 aliphatic carbocycles. The van der Waals surface area contributed by atoms with E-state index in [0.29, 0.717) is 18.7 Å². The number of nitrogens with one attached hydrogen (secondary N) is 1. The SMILES string of the molecule is O=C(NCC/C(=C\[Se]c1ccccc1)c1ccc(F)cc1)c1ccccn1. The number of nitrogens with zero attached hydrogens (tertiary/aromatic N) is 1. The third-order valence-electron chi connectivity index (χ3n) is 3.87. The molecule has 2 aromatic carbocycles. The molecule has 0 unspecified atom stereocenters. The molecule has 3 rings (SSSR count). The van der Waals surface area contributed by atoms with Crippen LogP contribution in [-0.4, -0.2) is 32.4 Å². The van der Waals surface area contributed by atoms with Crippen molar-refractivity contribution in [2.75, 3.05) is 6.54 Å². The number of benzene rings is 2. The molecule has 0 bridgehead atoms. The van der Waals surface area contributed by atoms with Crippen molar-refractivity contribution in [3.05, 3.63) is 101 Å². The zero-order valence-electron chi connectivity index (χ0n) is 14.6. The Kier molecular flexibility index (Phi) is 6.91. The van der Waals surface area contributed by atoms with E-state index in [4.69, 9.17) is 0 Å². The molecule has 0 radical (unpaired) electrons. The van der Waals surface area contributed by atoms with Crippen molar-refractivity contribution >= 4 is 30.9 Å². The Bertz CT molecular complexity index is 897. The Hall–Kier alpha value is -2.75. The van der Waals surface area contributed by atoms with E-state index in [1.165, 1.54) is 16.6 Å². The van der Waals surface area contributed by atoms with Gasteiger partial charge in [0.15, 0.2) is 0 Å². The first-order valence-corrected chi connectivity index (χ1v) is 10.4. The molecule has 0 spiro atoms. The average Bonchev–Trinajstić information content (AvgIpc) is 2.72. The van der Waals surface area contributed by atoms with Crippen LogP contribution in [0.1, 0.15) is 22.5 Å².